The topological polar surface area (TPSA) is 26.3 Å². The number of hydrogen-bond acceptors (Lipinski definition) is 2. The summed E-state index contributed by atoms with van der Waals surface area (Å²) in [5, 5.41) is 2.31. The van der Waals surface area contributed by atoms with E-state index in [0.29, 0.717) is 6.42 Å². The summed E-state index contributed by atoms with van der Waals surface area (Å²) in [5.74, 6) is -0.202. The van der Waals surface area contributed by atoms with Crippen molar-refractivity contribution in [3.63, 3.8) is 0 Å². The number of hydrogen-bond donors (Lipinski definition) is 0. The zero-order valence-electron chi connectivity index (χ0n) is 8.87. The van der Waals surface area contributed by atoms with Crippen molar-refractivity contribution in [1.82, 2.24) is 0 Å². The van der Waals surface area contributed by atoms with Crippen molar-refractivity contribution in [1.29, 1.82) is 0 Å². The van der Waals surface area contributed by atoms with Crippen LogP contribution in [0.1, 0.15) is 5.56 Å². The summed E-state index contributed by atoms with van der Waals surface area (Å²) in [5.41, 5.74) is 1.02. The Hall–Kier alpha value is -1.10. The van der Waals surface area contributed by atoms with Crippen LogP contribution in [-0.2, 0) is 16.0 Å². The van der Waals surface area contributed by atoms with E-state index < -0.39 is 0 Å². The van der Waals surface area contributed by atoms with E-state index in [1.54, 1.807) is 0 Å². The number of carbonyl (C=O) groups is 1. The summed E-state index contributed by atoms with van der Waals surface area (Å²) < 4.78 is 5.89. The highest BCUT2D eigenvalue weighted by atomic mass is 127. The van der Waals surface area contributed by atoms with Crippen molar-refractivity contribution < 1.29 is 9.53 Å². The molecular weight excluding hydrogens is 315 g/mol. The Morgan fingerprint density at radius 3 is 2.56 bits per heavy atom. The van der Waals surface area contributed by atoms with Gasteiger partial charge in [0.1, 0.15) is 0 Å². The quantitative estimate of drug-likeness (QED) is 0.626. The third kappa shape index (κ3) is 2.19. The van der Waals surface area contributed by atoms with Gasteiger partial charge in [0.05, 0.1) is 13.5 Å². The average Bonchev–Trinajstić information content (AvgIpc) is 2.33. The van der Waals surface area contributed by atoms with Gasteiger partial charge in [0, 0.05) is 3.57 Å². The summed E-state index contributed by atoms with van der Waals surface area (Å²) in [6.45, 7) is 0. The number of ether oxygens (including phenoxy) is 1. The van der Waals surface area contributed by atoms with Crippen LogP contribution >= 0.6 is 22.6 Å². The Morgan fingerprint density at radius 1 is 1.19 bits per heavy atom. The Labute approximate surface area is 108 Å². The molecule has 16 heavy (non-hydrogen) atoms. The van der Waals surface area contributed by atoms with Gasteiger partial charge in [-0.15, -0.1) is 0 Å². The van der Waals surface area contributed by atoms with E-state index in [9.17, 15) is 4.79 Å². The van der Waals surface area contributed by atoms with E-state index in [-0.39, 0.29) is 5.97 Å². The molecule has 2 nitrogen and oxygen atoms in total. The van der Waals surface area contributed by atoms with Crippen LogP contribution in [0.2, 0.25) is 0 Å². The smallest absolute Gasteiger partial charge is 0.309 e. The SMILES string of the molecule is COC(=O)Cc1ccc(I)c2ccccc12. The minimum atomic E-state index is -0.202. The van der Waals surface area contributed by atoms with Crippen molar-refractivity contribution in [2.45, 2.75) is 6.42 Å². The van der Waals surface area contributed by atoms with Gasteiger partial charge >= 0.3 is 5.97 Å². The highest BCUT2D eigenvalue weighted by molar-refractivity contribution is 14.1. The van der Waals surface area contributed by atoms with E-state index in [0.717, 1.165) is 10.9 Å². The summed E-state index contributed by atoms with van der Waals surface area (Å²) in [6.07, 6.45) is 0.327. The van der Waals surface area contributed by atoms with Crippen molar-refractivity contribution in [3.8, 4) is 0 Å². The second-order valence-electron chi connectivity index (χ2n) is 3.51. The summed E-state index contributed by atoms with van der Waals surface area (Å²) >= 11 is 2.30. The maximum Gasteiger partial charge on any atom is 0.309 e. The molecule has 0 spiro atoms. The van der Waals surface area contributed by atoms with Crippen LogP contribution < -0.4 is 0 Å². The van der Waals surface area contributed by atoms with E-state index in [4.69, 9.17) is 4.74 Å². The summed E-state index contributed by atoms with van der Waals surface area (Å²) in [6, 6.07) is 12.1. The summed E-state index contributed by atoms with van der Waals surface area (Å²) in [7, 11) is 1.41. The molecule has 0 saturated carbocycles. The molecule has 0 aromatic heterocycles. The number of esters is 1. The zero-order chi connectivity index (χ0) is 11.5. The normalized spacial score (nSPS) is 10.4. The molecule has 0 radical (unpaired) electrons. The van der Waals surface area contributed by atoms with Gasteiger partial charge in [-0.25, -0.2) is 0 Å². The molecule has 0 bridgehead atoms. The van der Waals surface area contributed by atoms with Crippen LogP contribution in [-0.4, -0.2) is 13.1 Å². The van der Waals surface area contributed by atoms with E-state index >= 15 is 0 Å². The molecule has 0 saturated heterocycles. The van der Waals surface area contributed by atoms with Crippen molar-refractivity contribution in [3.05, 3.63) is 45.5 Å². The van der Waals surface area contributed by atoms with Gasteiger partial charge in [0.15, 0.2) is 0 Å². The van der Waals surface area contributed by atoms with Crippen LogP contribution in [0.15, 0.2) is 36.4 Å². The highest BCUT2D eigenvalue weighted by Gasteiger charge is 2.08. The largest absolute Gasteiger partial charge is 0.469 e. The van der Waals surface area contributed by atoms with Crippen LogP contribution in [0.25, 0.3) is 10.8 Å². The standard InChI is InChI=1S/C13H11IO2/c1-16-13(15)8-9-6-7-12(14)11-5-3-2-4-10(9)11/h2-7H,8H2,1H3. The van der Waals surface area contributed by atoms with Crippen molar-refractivity contribution in [2.24, 2.45) is 0 Å². The highest BCUT2D eigenvalue weighted by Crippen LogP contribution is 2.24. The third-order valence-corrected chi connectivity index (χ3v) is 3.46. The monoisotopic (exact) mass is 326 g/mol. The number of carbonyl (C=O) groups excluding carboxylic acids is 1. The number of fused-ring (bicyclic) bond motifs is 1. The van der Waals surface area contributed by atoms with Crippen LogP contribution in [0, 0.1) is 3.57 Å². The second-order valence-corrected chi connectivity index (χ2v) is 4.67. The first-order valence-corrected chi connectivity index (χ1v) is 6.03. The molecule has 0 aliphatic carbocycles. The van der Waals surface area contributed by atoms with Gasteiger partial charge in [-0.2, -0.15) is 0 Å². The molecule has 0 aliphatic rings. The molecule has 0 unspecified atom stereocenters. The fourth-order valence-corrected chi connectivity index (χ4v) is 2.36. The fraction of sp³-hybridized carbons (Fsp3) is 0.154. The van der Waals surface area contributed by atoms with Crippen LogP contribution in [0.4, 0.5) is 0 Å². The number of methoxy groups -OCH3 is 1. The average molecular weight is 326 g/mol. The number of halogens is 1. The minimum absolute atomic E-state index is 0.202. The van der Waals surface area contributed by atoms with E-state index in [1.807, 2.05) is 30.3 Å². The van der Waals surface area contributed by atoms with Crippen molar-refractivity contribution in [2.75, 3.05) is 7.11 Å². The molecule has 2 rings (SSSR count). The molecule has 0 atom stereocenters. The Kier molecular flexibility index (Phi) is 3.43. The Morgan fingerprint density at radius 2 is 1.88 bits per heavy atom. The lowest BCUT2D eigenvalue weighted by Crippen LogP contribution is -2.05. The lowest BCUT2D eigenvalue weighted by Gasteiger charge is -2.07. The minimum Gasteiger partial charge on any atom is -0.469 e. The first-order valence-electron chi connectivity index (χ1n) is 4.95. The van der Waals surface area contributed by atoms with Gasteiger partial charge in [0.2, 0.25) is 0 Å². The molecule has 0 aliphatic heterocycles. The number of benzene rings is 2. The molecule has 0 amide bonds. The first-order chi connectivity index (χ1) is 7.72. The fourth-order valence-electron chi connectivity index (χ4n) is 1.71. The molecule has 2 aromatic carbocycles. The second kappa shape index (κ2) is 4.82. The Balaban J connectivity index is 2.54. The summed E-state index contributed by atoms with van der Waals surface area (Å²) in [4.78, 5) is 11.3. The van der Waals surface area contributed by atoms with E-state index in [1.165, 1.54) is 16.1 Å². The van der Waals surface area contributed by atoms with Crippen LogP contribution in [0.5, 0.6) is 0 Å². The first kappa shape index (κ1) is 11.4. The maximum atomic E-state index is 11.3. The number of rotatable bonds is 2. The molecule has 2 aromatic rings. The van der Waals surface area contributed by atoms with Gasteiger partial charge in [-0.05, 0) is 45.0 Å². The zero-order valence-corrected chi connectivity index (χ0v) is 11.0. The van der Waals surface area contributed by atoms with Gasteiger partial charge in [-0.1, -0.05) is 30.3 Å². The molecule has 3 heteroatoms. The lowest BCUT2D eigenvalue weighted by atomic mass is 10.0. The maximum absolute atomic E-state index is 11.3. The van der Waals surface area contributed by atoms with Crippen LogP contribution in [0.3, 0.4) is 0 Å². The Bertz CT molecular complexity index is 534. The molecule has 0 heterocycles. The molecule has 0 fully saturated rings. The van der Waals surface area contributed by atoms with Gasteiger partial charge in [-0.3, -0.25) is 4.79 Å². The molecular formula is C13H11IO2. The van der Waals surface area contributed by atoms with Gasteiger partial charge < -0.3 is 4.74 Å². The lowest BCUT2D eigenvalue weighted by molar-refractivity contribution is -0.139. The third-order valence-electron chi connectivity index (χ3n) is 2.52. The molecule has 0 N–H and O–H groups in total. The van der Waals surface area contributed by atoms with Crippen molar-refractivity contribution >= 4 is 39.3 Å². The predicted octanol–water partition coefficient (Wildman–Crippen LogP) is 3.16. The van der Waals surface area contributed by atoms with Gasteiger partial charge in [0.25, 0.3) is 0 Å². The van der Waals surface area contributed by atoms with E-state index in [2.05, 4.69) is 28.7 Å². The predicted molar refractivity (Wildman–Crippen MR) is 72.4 cm³/mol. The molecule has 82 valence electrons.